The maximum Gasteiger partial charge on any atom is 0.260 e. The molecule has 0 radical (unpaired) electrons. The Morgan fingerprint density at radius 3 is 1.81 bits per heavy atom. The Labute approximate surface area is 183 Å². The molecule has 7 heteroatoms. The van der Waals surface area contributed by atoms with Crippen LogP contribution >= 0.6 is 0 Å². The molecule has 0 aliphatic carbocycles. The molecule has 166 valence electrons. The van der Waals surface area contributed by atoms with Crippen LogP contribution in [0.4, 0.5) is 0 Å². The van der Waals surface area contributed by atoms with Gasteiger partial charge < -0.3 is 24.0 Å². The summed E-state index contributed by atoms with van der Waals surface area (Å²) in [6.07, 6.45) is 0.851. The molecule has 0 unspecified atom stereocenters. The van der Waals surface area contributed by atoms with Crippen LogP contribution in [-0.2, 0) is 16.0 Å². The number of para-hydroxylation sites is 1. The lowest BCUT2D eigenvalue weighted by molar-refractivity contribution is -0.141. The van der Waals surface area contributed by atoms with Gasteiger partial charge in [-0.3, -0.25) is 9.59 Å². The van der Waals surface area contributed by atoms with Gasteiger partial charge in [-0.1, -0.05) is 25.1 Å². The van der Waals surface area contributed by atoms with Crippen LogP contribution in [0.5, 0.6) is 17.2 Å². The number of aryl methyl sites for hydroxylation is 1. The van der Waals surface area contributed by atoms with Gasteiger partial charge in [0.25, 0.3) is 11.8 Å². The van der Waals surface area contributed by atoms with E-state index >= 15 is 0 Å². The molecule has 31 heavy (non-hydrogen) atoms. The third-order valence-electron chi connectivity index (χ3n) is 5.19. The molecule has 2 aromatic rings. The minimum atomic E-state index is -0.0888. The third-order valence-corrected chi connectivity index (χ3v) is 5.19. The number of carbonyl (C=O) groups excluding carboxylic acids is 2. The SMILES string of the molecule is CCOc1ccc(OCC(=O)N2CCN(C(=O)COc3ccccc3CC)CC2)cc1. The monoisotopic (exact) mass is 426 g/mol. The number of ether oxygens (including phenoxy) is 3. The predicted octanol–water partition coefficient (Wildman–Crippen LogP) is 2.78. The van der Waals surface area contributed by atoms with Gasteiger partial charge in [0, 0.05) is 26.2 Å². The molecule has 0 atom stereocenters. The summed E-state index contributed by atoms with van der Waals surface area (Å²) in [6, 6.07) is 14.9. The Kier molecular flexibility index (Phi) is 8.15. The van der Waals surface area contributed by atoms with Crippen LogP contribution in [0.15, 0.2) is 48.5 Å². The molecule has 0 saturated carbocycles. The molecule has 1 aliphatic rings. The first kappa shape index (κ1) is 22.5. The fraction of sp³-hybridized carbons (Fsp3) is 0.417. The van der Waals surface area contributed by atoms with Crippen LogP contribution in [0.3, 0.4) is 0 Å². The normalized spacial score (nSPS) is 13.6. The molecule has 0 N–H and O–H groups in total. The van der Waals surface area contributed by atoms with E-state index in [9.17, 15) is 9.59 Å². The largest absolute Gasteiger partial charge is 0.494 e. The Hall–Kier alpha value is -3.22. The van der Waals surface area contributed by atoms with E-state index < -0.39 is 0 Å². The van der Waals surface area contributed by atoms with Crippen molar-refractivity contribution < 1.29 is 23.8 Å². The topological polar surface area (TPSA) is 68.3 Å². The zero-order valence-corrected chi connectivity index (χ0v) is 18.2. The van der Waals surface area contributed by atoms with E-state index in [1.165, 1.54) is 0 Å². The highest BCUT2D eigenvalue weighted by Crippen LogP contribution is 2.19. The number of hydrogen-bond acceptors (Lipinski definition) is 5. The van der Waals surface area contributed by atoms with Crippen molar-refractivity contribution in [3.8, 4) is 17.2 Å². The molecular formula is C24H30N2O5. The van der Waals surface area contributed by atoms with Crippen molar-refractivity contribution in [1.82, 2.24) is 9.80 Å². The second kappa shape index (κ2) is 11.2. The third kappa shape index (κ3) is 6.38. The maximum absolute atomic E-state index is 12.5. The van der Waals surface area contributed by atoms with Crippen molar-refractivity contribution in [3.63, 3.8) is 0 Å². The molecule has 7 nitrogen and oxygen atoms in total. The quantitative estimate of drug-likeness (QED) is 0.617. The summed E-state index contributed by atoms with van der Waals surface area (Å²) in [6.45, 7) is 6.52. The average Bonchev–Trinajstić information content (AvgIpc) is 2.82. The van der Waals surface area contributed by atoms with Gasteiger partial charge in [0.15, 0.2) is 13.2 Å². The fourth-order valence-corrected chi connectivity index (χ4v) is 3.41. The zero-order valence-electron chi connectivity index (χ0n) is 18.2. The van der Waals surface area contributed by atoms with Crippen molar-refractivity contribution in [2.24, 2.45) is 0 Å². The molecule has 3 rings (SSSR count). The molecule has 1 aliphatic heterocycles. The highest BCUT2D eigenvalue weighted by atomic mass is 16.5. The van der Waals surface area contributed by atoms with Gasteiger partial charge in [-0.15, -0.1) is 0 Å². The molecule has 2 aromatic carbocycles. The van der Waals surface area contributed by atoms with Crippen LogP contribution in [0.25, 0.3) is 0 Å². The van der Waals surface area contributed by atoms with Crippen molar-refractivity contribution in [2.75, 3.05) is 46.0 Å². The van der Waals surface area contributed by atoms with E-state index in [1.807, 2.05) is 43.3 Å². The van der Waals surface area contributed by atoms with Crippen LogP contribution in [0.1, 0.15) is 19.4 Å². The first-order valence-corrected chi connectivity index (χ1v) is 10.7. The zero-order chi connectivity index (χ0) is 22.1. The number of nitrogens with zero attached hydrogens (tertiary/aromatic N) is 2. The maximum atomic E-state index is 12.5. The van der Waals surface area contributed by atoms with E-state index in [1.54, 1.807) is 21.9 Å². The van der Waals surface area contributed by atoms with E-state index in [4.69, 9.17) is 14.2 Å². The predicted molar refractivity (Wildman–Crippen MR) is 118 cm³/mol. The van der Waals surface area contributed by atoms with Crippen molar-refractivity contribution in [1.29, 1.82) is 0 Å². The van der Waals surface area contributed by atoms with Gasteiger partial charge >= 0.3 is 0 Å². The molecule has 1 heterocycles. The van der Waals surface area contributed by atoms with Crippen molar-refractivity contribution in [3.05, 3.63) is 54.1 Å². The van der Waals surface area contributed by atoms with Gasteiger partial charge in [0.2, 0.25) is 0 Å². The van der Waals surface area contributed by atoms with Gasteiger partial charge in [-0.2, -0.15) is 0 Å². The first-order chi connectivity index (χ1) is 15.1. The Morgan fingerprint density at radius 2 is 1.26 bits per heavy atom. The number of amides is 2. The van der Waals surface area contributed by atoms with Crippen molar-refractivity contribution in [2.45, 2.75) is 20.3 Å². The number of carbonyl (C=O) groups is 2. The molecule has 2 amide bonds. The second-order valence-electron chi connectivity index (χ2n) is 7.20. The summed E-state index contributed by atoms with van der Waals surface area (Å²) >= 11 is 0. The molecule has 1 saturated heterocycles. The fourth-order valence-electron chi connectivity index (χ4n) is 3.41. The summed E-state index contributed by atoms with van der Waals surface area (Å²) in [7, 11) is 0. The standard InChI is InChI=1S/C24H30N2O5/c1-3-19-7-5-6-8-22(19)31-18-24(28)26-15-13-25(14-16-26)23(27)17-30-21-11-9-20(10-12-21)29-4-2/h5-12H,3-4,13-18H2,1-2H3. The lowest BCUT2D eigenvalue weighted by atomic mass is 10.1. The number of benzene rings is 2. The van der Waals surface area contributed by atoms with Gasteiger partial charge in [-0.05, 0) is 49.2 Å². The lowest BCUT2D eigenvalue weighted by Gasteiger charge is -2.34. The number of hydrogen-bond donors (Lipinski definition) is 0. The van der Waals surface area contributed by atoms with Crippen molar-refractivity contribution >= 4 is 11.8 Å². The minimum Gasteiger partial charge on any atom is -0.494 e. The Bertz CT molecular complexity index is 861. The van der Waals surface area contributed by atoms with Crippen LogP contribution in [0, 0.1) is 0 Å². The highest BCUT2D eigenvalue weighted by molar-refractivity contribution is 5.80. The number of rotatable bonds is 9. The molecule has 0 aromatic heterocycles. The first-order valence-electron chi connectivity index (χ1n) is 10.7. The summed E-state index contributed by atoms with van der Waals surface area (Å²) in [5.74, 6) is 1.98. The molecule has 0 bridgehead atoms. The van der Waals surface area contributed by atoms with E-state index in [0.29, 0.717) is 38.5 Å². The smallest absolute Gasteiger partial charge is 0.260 e. The Balaban J connectivity index is 1.40. The molecular weight excluding hydrogens is 396 g/mol. The highest BCUT2D eigenvalue weighted by Gasteiger charge is 2.24. The van der Waals surface area contributed by atoms with Crippen LogP contribution < -0.4 is 14.2 Å². The summed E-state index contributed by atoms with van der Waals surface area (Å²) in [5.41, 5.74) is 1.08. The van der Waals surface area contributed by atoms with Crippen LogP contribution in [0.2, 0.25) is 0 Å². The Morgan fingerprint density at radius 1 is 0.742 bits per heavy atom. The average molecular weight is 427 g/mol. The summed E-state index contributed by atoms with van der Waals surface area (Å²) in [4.78, 5) is 28.4. The lowest BCUT2D eigenvalue weighted by Crippen LogP contribution is -2.52. The van der Waals surface area contributed by atoms with E-state index in [0.717, 1.165) is 23.5 Å². The van der Waals surface area contributed by atoms with Gasteiger partial charge in [0.1, 0.15) is 17.2 Å². The number of piperazine rings is 1. The van der Waals surface area contributed by atoms with Crippen LogP contribution in [-0.4, -0.2) is 67.6 Å². The summed E-state index contributed by atoms with van der Waals surface area (Å²) in [5, 5.41) is 0. The van der Waals surface area contributed by atoms with Gasteiger partial charge in [0.05, 0.1) is 6.61 Å². The van der Waals surface area contributed by atoms with E-state index in [2.05, 4.69) is 6.92 Å². The van der Waals surface area contributed by atoms with Gasteiger partial charge in [-0.25, -0.2) is 0 Å². The van der Waals surface area contributed by atoms with E-state index in [-0.39, 0.29) is 25.0 Å². The minimum absolute atomic E-state index is 0.00577. The second-order valence-corrected chi connectivity index (χ2v) is 7.20. The summed E-state index contributed by atoms with van der Waals surface area (Å²) < 4.78 is 16.7. The molecule has 1 fully saturated rings. The molecule has 0 spiro atoms.